The summed E-state index contributed by atoms with van der Waals surface area (Å²) in [7, 11) is 0. The molecule has 2 N–H and O–H groups in total. The first-order valence-corrected chi connectivity index (χ1v) is 3.91. The lowest BCUT2D eigenvalue weighted by Crippen LogP contribution is -2.19. The standard InChI is InChI=1S/C9H9N2O/c10-7-3-1-2-6-4-5-8(12)11-9(6)7/h1-3,10H,4-5H2,(H,11,12). The summed E-state index contributed by atoms with van der Waals surface area (Å²) in [6.45, 7) is 0. The van der Waals surface area contributed by atoms with Gasteiger partial charge in [0.2, 0.25) is 5.91 Å². The highest BCUT2D eigenvalue weighted by Crippen LogP contribution is 2.28. The van der Waals surface area contributed by atoms with Crippen LogP contribution >= 0.6 is 0 Å². The van der Waals surface area contributed by atoms with Gasteiger partial charge in [-0.25, -0.2) is 0 Å². The number of fused-ring (bicyclic) bond motifs is 1. The zero-order valence-corrected chi connectivity index (χ0v) is 6.55. The Bertz CT molecular complexity index is 333. The Morgan fingerprint density at radius 1 is 1.33 bits per heavy atom. The Hall–Kier alpha value is -1.51. The molecule has 1 radical (unpaired) electrons. The van der Waals surface area contributed by atoms with Crippen molar-refractivity contribution in [3.05, 3.63) is 23.8 Å². The van der Waals surface area contributed by atoms with Gasteiger partial charge in [-0.3, -0.25) is 10.5 Å². The van der Waals surface area contributed by atoms with Crippen LogP contribution in [0, 0.1) is 0 Å². The summed E-state index contributed by atoms with van der Waals surface area (Å²) >= 11 is 0. The largest absolute Gasteiger partial charge is 0.324 e. The average Bonchev–Trinajstić information content (AvgIpc) is 2.07. The molecule has 0 spiro atoms. The van der Waals surface area contributed by atoms with Gasteiger partial charge in [-0.1, -0.05) is 12.1 Å². The smallest absolute Gasteiger partial charge is 0.224 e. The van der Waals surface area contributed by atoms with Crippen LogP contribution in [-0.4, -0.2) is 5.91 Å². The molecular formula is C9H9N2O. The number of rotatable bonds is 0. The van der Waals surface area contributed by atoms with Crippen molar-refractivity contribution in [2.24, 2.45) is 0 Å². The van der Waals surface area contributed by atoms with E-state index in [0.29, 0.717) is 17.8 Å². The fourth-order valence-corrected chi connectivity index (χ4v) is 1.41. The van der Waals surface area contributed by atoms with Gasteiger partial charge in [0.15, 0.2) is 0 Å². The van der Waals surface area contributed by atoms with Crippen LogP contribution in [-0.2, 0) is 11.2 Å². The van der Waals surface area contributed by atoms with E-state index in [1.54, 1.807) is 6.07 Å². The number of para-hydroxylation sites is 1. The van der Waals surface area contributed by atoms with Gasteiger partial charge in [0.25, 0.3) is 0 Å². The van der Waals surface area contributed by atoms with E-state index in [-0.39, 0.29) is 5.91 Å². The molecule has 12 heavy (non-hydrogen) atoms. The molecule has 1 aliphatic heterocycles. The maximum Gasteiger partial charge on any atom is 0.224 e. The molecular weight excluding hydrogens is 152 g/mol. The Labute approximate surface area is 70.6 Å². The van der Waals surface area contributed by atoms with Gasteiger partial charge in [-0.2, -0.15) is 0 Å². The minimum absolute atomic E-state index is 0.0159. The number of benzene rings is 1. The van der Waals surface area contributed by atoms with Crippen LogP contribution in [0.4, 0.5) is 11.4 Å². The summed E-state index contributed by atoms with van der Waals surface area (Å²) in [4.78, 5) is 11.0. The van der Waals surface area contributed by atoms with Gasteiger partial charge < -0.3 is 5.32 Å². The number of anilines is 1. The molecule has 1 heterocycles. The second-order valence-electron chi connectivity index (χ2n) is 2.89. The molecule has 0 saturated heterocycles. The molecule has 0 saturated carbocycles. The fourth-order valence-electron chi connectivity index (χ4n) is 1.41. The quantitative estimate of drug-likeness (QED) is 0.615. The summed E-state index contributed by atoms with van der Waals surface area (Å²) in [5.74, 6) is 0.0159. The lowest BCUT2D eigenvalue weighted by atomic mass is 10.0. The van der Waals surface area contributed by atoms with Crippen LogP contribution < -0.4 is 11.1 Å². The molecule has 3 nitrogen and oxygen atoms in total. The summed E-state index contributed by atoms with van der Waals surface area (Å²) in [5, 5.41) is 2.70. The second kappa shape index (κ2) is 2.52. The third-order valence-electron chi connectivity index (χ3n) is 2.04. The van der Waals surface area contributed by atoms with Crippen LogP contribution in [0.25, 0.3) is 0 Å². The number of nitrogens with one attached hydrogen (secondary N) is 2. The topological polar surface area (TPSA) is 52.9 Å². The average molecular weight is 161 g/mol. The first-order chi connectivity index (χ1) is 5.77. The molecule has 0 unspecified atom stereocenters. The van der Waals surface area contributed by atoms with Gasteiger partial charge >= 0.3 is 0 Å². The third kappa shape index (κ3) is 1.03. The highest BCUT2D eigenvalue weighted by Gasteiger charge is 2.15. The molecule has 1 aromatic rings. The van der Waals surface area contributed by atoms with E-state index in [4.69, 9.17) is 5.73 Å². The summed E-state index contributed by atoms with van der Waals surface area (Å²) < 4.78 is 0. The molecule has 1 amide bonds. The lowest BCUT2D eigenvalue weighted by Gasteiger charge is -2.17. The zero-order chi connectivity index (χ0) is 8.55. The van der Waals surface area contributed by atoms with Crippen LogP contribution in [0.1, 0.15) is 12.0 Å². The van der Waals surface area contributed by atoms with E-state index >= 15 is 0 Å². The molecule has 0 aliphatic carbocycles. The minimum atomic E-state index is 0.0159. The molecule has 61 valence electrons. The number of aryl methyl sites for hydroxylation is 1. The Morgan fingerprint density at radius 3 is 3.00 bits per heavy atom. The van der Waals surface area contributed by atoms with Crippen LogP contribution in [0.2, 0.25) is 0 Å². The number of amides is 1. The minimum Gasteiger partial charge on any atom is -0.324 e. The van der Waals surface area contributed by atoms with Gasteiger partial charge in [-0.05, 0) is 18.1 Å². The summed E-state index contributed by atoms with van der Waals surface area (Å²) in [5.41, 5.74) is 9.69. The van der Waals surface area contributed by atoms with Crippen LogP contribution in [0.3, 0.4) is 0 Å². The molecule has 3 heteroatoms. The van der Waals surface area contributed by atoms with Crippen molar-refractivity contribution >= 4 is 17.3 Å². The van der Waals surface area contributed by atoms with Crippen molar-refractivity contribution in [2.45, 2.75) is 12.8 Å². The molecule has 2 rings (SSSR count). The second-order valence-corrected chi connectivity index (χ2v) is 2.89. The van der Waals surface area contributed by atoms with Crippen molar-refractivity contribution < 1.29 is 4.79 Å². The Balaban J connectivity index is 2.50. The Kier molecular flexibility index (Phi) is 1.50. The van der Waals surface area contributed by atoms with Crippen molar-refractivity contribution in [1.29, 1.82) is 0 Å². The van der Waals surface area contributed by atoms with Crippen molar-refractivity contribution in [3.8, 4) is 0 Å². The maximum atomic E-state index is 11.0. The van der Waals surface area contributed by atoms with Crippen LogP contribution in [0.15, 0.2) is 18.2 Å². The van der Waals surface area contributed by atoms with Crippen molar-refractivity contribution in [3.63, 3.8) is 0 Å². The SMILES string of the molecule is [NH]c1cccc2c1NC(=O)CC2. The van der Waals surface area contributed by atoms with E-state index < -0.39 is 0 Å². The first-order valence-electron chi connectivity index (χ1n) is 3.91. The zero-order valence-electron chi connectivity index (χ0n) is 6.55. The molecule has 0 atom stereocenters. The van der Waals surface area contributed by atoms with Gasteiger partial charge in [0, 0.05) is 6.42 Å². The van der Waals surface area contributed by atoms with Gasteiger partial charge in [0.1, 0.15) is 0 Å². The predicted molar refractivity (Wildman–Crippen MR) is 46.1 cm³/mol. The highest BCUT2D eigenvalue weighted by molar-refractivity contribution is 5.96. The monoisotopic (exact) mass is 161 g/mol. The van der Waals surface area contributed by atoms with E-state index in [0.717, 1.165) is 12.0 Å². The maximum absolute atomic E-state index is 11.0. The van der Waals surface area contributed by atoms with Gasteiger partial charge in [-0.15, -0.1) is 0 Å². The van der Waals surface area contributed by atoms with Crippen LogP contribution in [0.5, 0.6) is 0 Å². The number of hydrogen-bond acceptors (Lipinski definition) is 1. The molecule has 0 bridgehead atoms. The molecule has 1 aliphatic rings. The summed E-state index contributed by atoms with van der Waals surface area (Å²) in [6, 6.07) is 5.48. The number of carbonyl (C=O) groups excluding carboxylic acids is 1. The van der Waals surface area contributed by atoms with Gasteiger partial charge in [0.05, 0.1) is 11.4 Å². The molecule has 0 fully saturated rings. The summed E-state index contributed by atoms with van der Waals surface area (Å²) in [6.07, 6.45) is 1.30. The Morgan fingerprint density at radius 2 is 2.17 bits per heavy atom. The lowest BCUT2D eigenvalue weighted by molar-refractivity contribution is -0.116. The van der Waals surface area contributed by atoms with E-state index in [9.17, 15) is 4.79 Å². The predicted octanol–water partition coefficient (Wildman–Crippen LogP) is 1.49. The molecule has 1 aromatic carbocycles. The third-order valence-corrected chi connectivity index (χ3v) is 2.04. The number of carbonyl (C=O) groups is 1. The normalized spacial score (nSPS) is 15.2. The highest BCUT2D eigenvalue weighted by atomic mass is 16.1. The molecule has 0 aromatic heterocycles. The van der Waals surface area contributed by atoms with E-state index in [2.05, 4.69) is 5.32 Å². The number of hydrogen-bond donors (Lipinski definition) is 1. The van der Waals surface area contributed by atoms with Crippen molar-refractivity contribution in [1.82, 2.24) is 5.73 Å². The first kappa shape index (κ1) is 7.16. The van der Waals surface area contributed by atoms with E-state index in [1.807, 2.05) is 12.1 Å². The van der Waals surface area contributed by atoms with E-state index in [1.165, 1.54) is 0 Å². The van der Waals surface area contributed by atoms with Crippen molar-refractivity contribution in [2.75, 3.05) is 5.32 Å². The fraction of sp³-hybridized carbons (Fsp3) is 0.222.